The summed E-state index contributed by atoms with van der Waals surface area (Å²) in [5.41, 5.74) is 10.3. The molecular weight excluding hydrogens is 476 g/mol. The van der Waals surface area contributed by atoms with Crippen LogP contribution in [0.25, 0.3) is 16.7 Å². The Balaban J connectivity index is 1.53. The first kappa shape index (κ1) is 25.0. The number of hydrogen-bond donors (Lipinski definition) is 4. The molecule has 2 aromatic heterocycles. The molecule has 1 amide bonds. The summed E-state index contributed by atoms with van der Waals surface area (Å²) in [7, 11) is 3.21. The first-order valence-electron chi connectivity index (χ1n) is 11.2. The van der Waals surface area contributed by atoms with Crippen LogP contribution in [0.2, 0.25) is 0 Å². The average molecular weight is 504 g/mol. The largest absolute Gasteiger partial charge is 0.497 e. The van der Waals surface area contributed by atoms with Crippen LogP contribution < -0.4 is 30.7 Å². The third-order valence-corrected chi connectivity index (χ3v) is 5.60. The molecule has 0 unspecified atom stereocenters. The molecule has 190 valence electrons. The van der Waals surface area contributed by atoms with Gasteiger partial charge in [0.15, 0.2) is 23.4 Å². The van der Waals surface area contributed by atoms with E-state index in [2.05, 4.69) is 15.3 Å². The minimum Gasteiger partial charge on any atom is -0.497 e. The van der Waals surface area contributed by atoms with E-state index in [1.807, 2.05) is 42.5 Å². The van der Waals surface area contributed by atoms with Gasteiger partial charge in [-0.2, -0.15) is 0 Å². The lowest BCUT2D eigenvalue weighted by molar-refractivity contribution is -0.103. The lowest BCUT2D eigenvalue weighted by atomic mass is 10.1. The molecule has 0 saturated heterocycles. The van der Waals surface area contributed by atoms with Crippen molar-refractivity contribution >= 4 is 35.0 Å². The lowest BCUT2D eigenvalue weighted by Gasteiger charge is -2.13. The van der Waals surface area contributed by atoms with Crippen LogP contribution in [0, 0.1) is 0 Å². The topological polar surface area (TPSA) is 159 Å². The summed E-state index contributed by atoms with van der Waals surface area (Å²) >= 11 is 0. The van der Waals surface area contributed by atoms with Crippen LogP contribution in [-0.2, 0) is 13.2 Å². The van der Waals surface area contributed by atoms with Gasteiger partial charge >= 0.3 is 6.09 Å². The van der Waals surface area contributed by atoms with E-state index in [0.717, 1.165) is 16.9 Å². The number of nitrogens with two attached hydrogens (primary N) is 2. The zero-order chi connectivity index (χ0) is 26.4. The van der Waals surface area contributed by atoms with E-state index in [0.29, 0.717) is 47.0 Å². The molecule has 4 aromatic rings. The molecule has 2 heterocycles. The smallest absolute Gasteiger partial charge is 0.408 e. The number of nitrogen functional groups attached to an aromatic ring is 1. The molecule has 0 atom stereocenters. The highest BCUT2D eigenvalue weighted by atomic mass is 16.5. The van der Waals surface area contributed by atoms with E-state index in [9.17, 15) is 4.79 Å². The van der Waals surface area contributed by atoms with Gasteiger partial charge in [0, 0.05) is 18.0 Å². The van der Waals surface area contributed by atoms with Crippen LogP contribution in [0.3, 0.4) is 0 Å². The van der Waals surface area contributed by atoms with E-state index in [1.54, 1.807) is 31.0 Å². The summed E-state index contributed by atoms with van der Waals surface area (Å²) in [6.45, 7) is 0.778. The van der Waals surface area contributed by atoms with Crippen molar-refractivity contribution in [2.75, 3.05) is 20.0 Å². The van der Waals surface area contributed by atoms with Gasteiger partial charge in [-0.3, -0.25) is 15.3 Å². The van der Waals surface area contributed by atoms with E-state index in [-0.39, 0.29) is 5.95 Å². The molecule has 2 aromatic carbocycles. The fourth-order valence-corrected chi connectivity index (χ4v) is 3.70. The van der Waals surface area contributed by atoms with Gasteiger partial charge in [-0.25, -0.2) is 14.8 Å². The standard InChI is InChI=1S/C26H26N6O5/c1-35-20-6-3-16(4-7-20)15-37-22-8-5-17(9-23(22)36-2)14-32-24-21(31-25(32)28)10-18(12-29-24)19(11-27)13-30-26(33)34/h3-13,27,30H,14-15H2,1-2H3,(H2,28,31)(H,33,34)/p+1/b19-13+,27-11?. The van der Waals surface area contributed by atoms with Gasteiger partial charge in [-0.15, -0.1) is 0 Å². The first-order chi connectivity index (χ1) is 17.9. The monoisotopic (exact) mass is 503 g/mol. The highest BCUT2D eigenvalue weighted by Gasteiger charge is 2.14. The molecule has 0 aliphatic rings. The second kappa shape index (κ2) is 11.1. The van der Waals surface area contributed by atoms with Crippen LogP contribution in [-0.4, -0.2) is 46.2 Å². The maximum absolute atomic E-state index is 10.8. The van der Waals surface area contributed by atoms with E-state index in [4.69, 9.17) is 30.5 Å². The molecule has 0 aliphatic heterocycles. The quantitative estimate of drug-likeness (QED) is 0.239. The number of anilines is 1. The Labute approximate surface area is 212 Å². The third-order valence-electron chi connectivity index (χ3n) is 5.60. The number of benzene rings is 2. The van der Waals surface area contributed by atoms with Crippen LogP contribution in [0.15, 0.2) is 60.9 Å². The highest BCUT2D eigenvalue weighted by molar-refractivity contribution is 6.07. The van der Waals surface area contributed by atoms with Crippen LogP contribution in [0.1, 0.15) is 16.7 Å². The Morgan fingerprint density at radius 3 is 2.54 bits per heavy atom. The number of pyridine rings is 1. The first-order valence-corrected chi connectivity index (χ1v) is 11.2. The van der Waals surface area contributed by atoms with Gasteiger partial charge in [0.25, 0.3) is 0 Å². The number of ether oxygens (including phenoxy) is 3. The maximum atomic E-state index is 10.8. The zero-order valence-corrected chi connectivity index (χ0v) is 20.3. The molecule has 4 rings (SSSR count). The molecule has 0 bridgehead atoms. The van der Waals surface area contributed by atoms with Crippen LogP contribution in [0.5, 0.6) is 17.2 Å². The number of carbonyl (C=O) groups is 1. The lowest BCUT2D eigenvalue weighted by Crippen LogP contribution is -2.30. The van der Waals surface area contributed by atoms with Crippen LogP contribution >= 0.6 is 0 Å². The number of nitrogens with zero attached hydrogens (tertiary/aromatic N) is 3. The van der Waals surface area contributed by atoms with Crippen LogP contribution in [0.4, 0.5) is 10.7 Å². The summed E-state index contributed by atoms with van der Waals surface area (Å²) < 4.78 is 18.5. The van der Waals surface area contributed by atoms with E-state index >= 15 is 0 Å². The molecule has 0 saturated carbocycles. The van der Waals surface area contributed by atoms with Gasteiger partial charge in [-0.05, 0) is 41.5 Å². The predicted molar refractivity (Wildman–Crippen MR) is 138 cm³/mol. The summed E-state index contributed by atoms with van der Waals surface area (Å²) in [5, 5.41) is 16.6. The second-order valence-electron chi connectivity index (χ2n) is 7.96. The fraction of sp³-hybridized carbons (Fsp3) is 0.154. The number of hydrogen-bond acceptors (Lipinski definition) is 7. The van der Waals surface area contributed by atoms with Crippen molar-refractivity contribution in [3.8, 4) is 17.2 Å². The van der Waals surface area contributed by atoms with Crippen molar-refractivity contribution in [1.29, 1.82) is 0 Å². The van der Waals surface area contributed by atoms with Gasteiger partial charge in [0.2, 0.25) is 5.95 Å². The summed E-state index contributed by atoms with van der Waals surface area (Å²) in [4.78, 5) is 19.7. The Morgan fingerprint density at radius 1 is 1.11 bits per heavy atom. The van der Waals surface area contributed by atoms with Crippen molar-refractivity contribution in [2.24, 2.45) is 0 Å². The molecule has 6 N–H and O–H groups in total. The van der Waals surface area contributed by atoms with E-state index < -0.39 is 6.09 Å². The molecule has 0 radical (unpaired) electrons. The number of amides is 1. The Kier molecular flexibility index (Phi) is 7.53. The highest BCUT2D eigenvalue weighted by Crippen LogP contribution is 2.30. The van der Waals surface area contributed by atoms with Crippen molar-refractivity contribution in [1.82, 2.24) is 19.9 Å². The molecule has 11 heteroatoms. The fourth-order valence-electron chi connectivity index (χ4n) is 3.70. The van der Waals surface area contributed by atoms with Crippen molar-refractivity contribution in [2.45, 2.75) is 13.2 Å². The van der Waals surface area contributed by atoms with Gasteiger partial charge < -0.3 is 25.1 Å². The van der Waals surface area contributed by atoms with Crippen molar-refractivity contribution in [3.63, 3.8) is 0 Å². The number of carboxylic acid groups (broad SMARTS) is 1. The maximum Gasteiger partial charge on any atom is 0.408 e. The van der Waals surface area contributed by atoms with Gasteiger partial charge in [0.1, 0.15) is 17.9 Å². The van der Waals surface area contributed by atoms with Crippen molar-refractivity contribution < 1.29 is 29.5 Å². The minimum absolute atomic E-state index is 0.282. The van der Waals surface area contributed by atoms with E-state index in [1.165, 1.54) is 12.4 Å². The molecule has 0 fully saturated rings. The number of imidazole rings is 1. The van der Waals surface area contributed by atoms with Gasteiger partial charge in [-0.1, -0.05) is 18.2 Å². The molecule has 37 heavy (non-hydrogen) atoms. The molecule has 11 nitrogen and oxygen atoms in total. The number of rotatable bonds is 10. The number of allylic oxidation sites excluding steroid dienone is 1. The summed E-state index contributed by atoms with van der Waals surface area (Å²) in [6.07, 6.45) is 2.93. The second-order valence-corrected chi connectivity index (χ2v) is 7.96. The Bertz CT molecular complexity index is 1460. The third kappa shape index (κ3) is 5.78. The normalized spacial score (nSPS) is 11.2. The van der Waals surface area contributed by atoms with Crippen molar-refractivity contribution in [3.05, 3.63) is 77.6 Å². The Hall–Kier alpha value is -5.06. The number of methoxy groups -OCH3 is 2. The van der Waals surface area contributed by atoms with Gasteiger partial charge in [0.05, 0.1) is 26.3 Å². The SMILES string of the molecule is COc1ccc(COc2ccc(Cn3c(N)nc4cc(/C(C=[NH2+])=C/NC(=O)O)cnc43)cc2OC)cc1. The number of fused-ring (bicyclic) bond motifs is 1. The number of nitrogens with one attached hydrogen (secondary N) is 1. The molecule has 0 aliphatic carbocycles. The summed E-state index contributed by atoms with van der Waals surface area (Å²) in [5.74, 6) is 2.26. The molecular formula is C26H27N6O5+. The predicted octanol–water partition coefficient (Wildman–Crippen LogP) is 2.10. The Morgan fingerprint density at radius 2 is 1.86 bits per heavy atom. The molecule has 0 spiro atoms. The number of aromatic nitrogens is 3. The average Bonchev–Trinajstić information content (AvgIpc) is 3.22. The zero-order valence-electron chi connectivity index (χ0n) is 20.3. The summed E-state index contributed by atoms with van der Waals surface area (Å²) in [6, 6.07) is 15.0. The minimum atomic E-state index is -1.20.